The Morgan fingerprint density at radius 1 is 0.313 bits per heavy atom. The third-order valence-corrected chi connectivity index (χ3v) is 34.1. The maximum atomic E-state index is 12.1. The second-order valence-electron chi connectivity index (χ2n) is 20.7. The maximum absolute atomic E-state index is 12.1. The molecule has 8 nitrogen and oxygen atoms in total. The van der Waals surface area contributed by atoms with Gasteiger partial charge in [0.25, 0.3) is 0 Å². The van der Waals surface area contributed by atoms with E-state index in [2.05, 4.69) is 276 Å². The van der Waals surface area contributed by atoms with Crippen molar-refractivity contribution in [2.45, 2.75) is 19.7 Å². The van der Waals surface area contributed by atoms with Gasteiger partial charge in [-0.25, -0.2) is 0 Å². The van der Waals surface area contributed by atoms with Gasteiger partial charge in [-0.2, -0.15) is 0 Å². The predicted octanol–water partition coefficient (Wildman–Crippen LogP) is 11.9. The van der Waals surface area contributed by atoms with Crippen LogP contribution in [-0.4, -0.2) is 65.2 Å². The molecule has 4 atom stereocenters. The minimum atomic E-state index is -2.75. The van der Waals surface area contributed by atoms with Gasteiger partial charge in [-0.15, -0.1) is 0 Å². The topological polar surface area (TPSA) is 116 Å². The first-order valence-electron chi connectivity index (χ1n) is 27.5. The van der Waals surface area contributed by atoms with Gasteiger partial charge in [0.2, 0.25) is 0 Å². The normalized spacial score (nSPS) is 15.9. The van der Waals surface area contributed by atoms with E-state index in [0.717, 1.165) is 35.1 Å². The Labute approximate surface area is 516 Å². The molecule has 0 aromatic heterocycles. The van der Waals surface area contributed by atoms with Crippen LogP contribution < -0.4 is 35.6 Å². The molecule has 83 heavy (non-hydrogen) atoms. The van der Waals surface area contributed by atoms with E-state index >= 15 is 0 Å². The number of fused-ring (bicyclic) bond motifs is 8. The summed E-state index contributed by atoms with van der Waals surface area (Å²) < 4.78 is 6.01. The van der Waals surface area contributed by atoms with Gasteiger partial charge in [-0.3, -0.25) is 0 Å². The number of carbonyl (C=O) groups excluding carboxylic acids is 4. The number of hydrogen-bond donors (Lipinski definition) is 4. The van der Waals surface area contributed by atoms with Crippen molar-refractivity contribution < 1.29 is 45.0 Å². The van der Waals surface area contributed by atoms with Gasteiger partial charge < -0.3 is 0 Å². The smallest absolute Gasteiger partial charge is 0 e. The van der Waals surface area contributed by atoms with Gasteiger partial charge in [-0.1, -0.05) is 0 Å². The zero-order valence-corrected chi connectivity index (χ0v) is 54.3. The Kier molecular flexibility index (Phi) is 16.6. The molecule has 0 aliphatic heterocycles. The summed E-state index contributed by atoms with van der Waals surface area (Å²) in [5.41, 5.74) is 19.2. The monoisotopic (exact) mass is 1460 g/mol. The van der Waals surface area contributed by atoms with Gasteiger partial charge in [0, 0.05) is 25.8 Å². The molecule has 4 N–H and O–H groups in total. The van der Waals surface area contributed by atoms with Crippen LogP contribution >= 0.6 is 0 Å². The van der Waals surface area contributed by atoms with Crippen molar-refractivity contribution in [2.75, 3.05) is 21.3 Å². The Hall–Kier alpha value is -7.97. The van der Waals surface area contributed by atoms with Crippen LogP contribution in [-0.2, 0) is 45.0 Å². The first-order chi connectivity index (χ1) is 40.6. The summed E-state index contributed by atoms with van der Waals surface area (Å²) in [6.45, 7) is 0. The first kappa shape index (κ1) is 55.6. The van der Waals surface area contributed by atoms with Crippen molar-refractivity contribution >= 4 is 114 Å². The average molecular weight is 1460 g/mol. The second kappa shape index (κ2) is 24.9. The van der Waals surface area contributed by atoms with E-state index in [1.807, 2.05) is 0 Å². The van der Waals surface area contributed by atoms with E-state index < -0.39 is 39.5 Å². The molecular formula is C72H54HfN4O4Sn2. The summed E-state index contributed by atoms with van der Waals surface area (Å²) in [5.74, 6) is -0.132. The molecule has 0 fully saturated rings. The molecule has 11 heteroatoms. The van der Waals surface area contributed by atoms with Crippen molar-refractivity contribution in [3.8, 4) is 22.3 Å². The zero-order valence-electron chi connectivity index (χ0n) is 45.0. The van der Waals surface area contributed by atoms with Gasteiger partial charge >= 0.3 is 495 Å². The van der Waals surface area contributed by atoms with Gasteiger partial charge in [0.05, 0.1) is 0 Å². The van der Waals surface area contributed by atoms with Crippen molar-refractivity contribution in [1.82, 2.24) is 0 Å². The quantitative estimate of drug-likeness (QED) is 0.0570. The Balaban J connectivity index is 0.000000162. The molecule has 0 spiro atoms. The fourth-order valence-corrected chi connectivity index (χ4v) is 31.9. The van der Waals surface area contributed by atoms with E-state index in [1.54, 1.807) is 0 Å². The Morgan fingerprint density at radius 3 is 0.952 bits per heavy atom. The van der Waals surface area contributed by atoms with Crippen LogP contribution in [0.2, 0.25) is 0 Å². The Bertz CT molecular complexity index is 3800. The number of anilines is 4. The fourth-order valence-electron chi connectivity index (χ4n) is 13.3. The summed E-state index contributed by atoms with van der Waals surface area (Å²) in [7, 11) is 0. The van der Waals surface area contributed by atoms with E-state index in [4.69, 9.17) is 0 Å². The summed E-state index contributed by atoms with van der Waals surface area (Å²) in [4.78, 5) is 47.8. The minimum Gasteiger partial charge on any atom is 0 e. The summed E-state index contributed by atoms with van der Waals surface area (Å²) in [5, 5.41) is 11.9. The molecule has 398 valence electrons. The van der Waals surface area contributed by atoms with E-state index in [-0.39, 0.29) is 45.5 Å². The average Bonchev–Trinajstić information content (AvgIpc) is 3.11. The van der Waals surface area contributed by atoms with Crippen molar-refractivity contribution in [2.24, 2.45) is 0 Å². The second-order valence-corrected chi connectivity index (χ2v) is 35.3. The van der Waals surface area contributed by atoms with Gasteiger partial charge in [-0.05, 0) is 0 Å². The molecular weight excluding hydrogens is 1400 g/mol. The molecule has 4 unspecified atom stereocenters. The van der Waals surface area contributed by atoms with Crippen molar-refractivity contribution in [1.29, 1.82) is 0 Å². The van der Waals surface area contributed by atoms with Crippen LogP contribution in [0.15, 0.2) is 243 Å². The number of carbonyl (C=O) groups is 4. The largest absolute Gasteiger partial charge is 0 e. The fraction of sp³-hybridized carbons (Fsp3) is 0.0556. The molecule has 4 aliphatic carbocycles. The third-order valence-electron chi connectivity index (χ3n) is 16.5. The Morgan fingerprint density at radius 2 is 0.614 bits per heavy atom. The molecule has 0 bridgehead atoms. The molecule has 0 saturated carbocycles. The number of amides is 4. The van der Waals surface area contributed by atoms with Crippen LogP contribution in [0.4, 0.5) is 22.7 Å². The van der Waals surface area contributed by atoms with Crippen LogP contribution in [0.1, 0.15) is 75.3 Å². The third kappa shape index (κ3) is 10.2. The molecule has 14 rings (SSSR count). The van der Waals surface area contributed by atoms with Crippen LogP contribution in [0.3, 0.4) is 0 Å². The molecule has 4 aliphatic rings. The molecule has 0 heterocycles. The molecule has 10 aromatic rings. The van der Waals surface area contributed by atoms with E-state index in [9.17, 15) is 19.2 Å². The standard InChI is InChI=1S/2C24H17N2O2.4C6H5.Hf.2Sn/c2*27-13-25-22-12-20-18-8-4-2-6-16(18)11-21(20)23(24(22)26-14-28)19-10-9-15-5-1-3-7-17(15)19;4*1-2-4-6-5-3-1;;;/h2*1-14,19H,(H,25,27)(H,26,28);4*1-5H;;;. The number of benzene rings is 10. The summed E-state index contributed by atoms with van der Waals surface area (Å²) >= 11 is -5.50. The van der Waals surface area contributed by atoms with Crippen LogP contribution in [0.25, 0.3) is 34.4 Å². The summed E-state index contributed by atoms with van der Waals surface area (Å²) in [6, 6.07) is 82.2. The first-order valence-corrected chi connectivity index (χ1v) is 36.5. The molecule has 2 radical (unpaired) electrons. The van der Waals surface area contributed by atoms with Crippen molar-refractivity contribution in [3.05, 3.63) is 298 Å². The van der Waals surface area contributed by atoms with E-state index in [1.165, 1.54) is 70.0 Å². The zero-order chi connectivity index (χ0) is 55.5. The van der Waals surface area contributed by atoms with Gasteiger partial charge in [0.1, 0.15) is 0 Å². The number of rotatable bonds is 16. The van der Waals surface area contributed by atoms with Crippen molar-refractivity contribution in [3.63, 3.8) is 0 Å². The van der Waals surface area contributed by atoms with Gasteiger partial charge in [0.15, 0.2) is 0 Å². The molecule has 0 saturated heterocycles. The van der Waals surface area contributed by atoms with Crippen LogP contribution in [0.5, 0.6) is 0 Å². The number of nitrogens with one attached hydrogen (secondary N) is 4. The predicted molar refractivity (Wildman–Crippen MR) is 337 cm³/mol. The number of allylic oxidation sites excluding steroid dienone is 2. The number of hydrogen-bond acceptors (Lipinski definition) is 4. The van der Waals surface area contributed by atoms with Crippen LogP contribution in [0, 0.1) is 0 Å². The molecule has 4 amide bonds. The van der Waals surface area contributed by atoms with E-state index in [0.29, 0.717) is 35.6 Å². The maximum Gasteiger partial charge on any atom is 0 e. The molecule has 10 aromatic carbocycles. The summed E-state index contributed by atoms with van der Waals surface area (Å²) in [6.07, 6.45) is 11.6. The minimum absolute atomic E-state index is 0. The SMILES string of the molecule is O=CNc1cc2c(c(C3C=Cc4ccccc43)c1NC=O)[CH]([Sn]([c]1ccccc1)[c]1ccccc1)c1ccccc1-2.O=CNc1cc2c(c(C3C=Cc4ccccc43)c1NC=O)[CH]([Sn]([c]1ccccc1)[c]1ccccc1)c1ccccc1-2.[Hf].